The van der Waals surface area contributed by atoms with Crippen molar-refractivity contribution in [3.63, 3.8) is 0 Å². The maximum atomic E-state index is 6.06. The van der Waals surface area contributed by atoms with Crippen molar-refractivity contribution >= 4 is 0 Å². The summed E-state index contributed by atoms with van der Waals surface area (Å²) in [5.74, 6) is 0. The van der Waals surface area contributed by atoms with Crippen molar-refractivity contribution in [1.29, 1.82) is 0 Å². The van der Waals surface area contributed by atoms with E-state index in [0.29, 0.717) is 12.1 Å². The molecule has 5 rings (SSSR count). The Kier molecular flexibility index (Phi) is 9.92. The third-order valence-corrected chi connectivity index (χ3v) is 9.11. The van der Waals surface area contributed by atoms with Gasteiger partial charge in [-0.2, -0.15) is 0 Å². The topological polar surface area (TPSA) is 22.2 Å². The molecule has 0 amide bonds. The van der Waals surface area contributed by atoms with Crippen molar-refractivity contribution in [3.05, 3.63) is 35.9 Å². The maximum Gasteiger partial charge on any atom is 0.0702 e. The second kappa shape index (κ2) is 13.5. The van der Waals surface area contributed by atoms with E-state index in [1.54, 1.807) is 0 Å². The summed E-state index contributed by atoms with van der Waals surface area (Å²) in [6, 6.07) is 12.7. The van der Waals surface area contributed by atoms with Crippen LogP contribution in [0.25, 0.3) is 0 Å². The van der Waals surface area contributed by atoms with Gasteiger partial charge in [0, 0.05) is 51.4 Å². The first-order valence-corrected chi connectivity index (χ1v) is 14.9. The van der Waals surface area contributed by atoms with Crippen LogP contribution in [0.1, 0.15) is 75.8 Å². The molecule has 1 aromatic carbocycles. The Morgan fingerprint density at radius 1 is 0.686 bits per heavy atom. The van der Waals surface area contributed by atoms with Crippen molar-refractivity contribution in [3.8, 4) is 0 Å². The average molecular weight is 483 g/mol. The molecule has 4 aliphatic heterocycles. The second-order valence-corrected chi connectivity index (χ2v) is 11.6. The molecule has 0 aliphatic carbocycles. The highest BCUT2D eigenvalue weighted by atomic mass is 16.5. The largest absolute Gasteiger partial charge is 0.377 e. The van der Waals surface area contributed by atoms with E-state index < -0.39 is 0 Å². The summed E-state index contributed by atoms with van der Waals surface area (Å²) in [4.78, 5) is 11.1. The molecule has 0 saturated carbocycles. The van der Waals surface area contributed by atoms with Crippen LogP contribution in [0.5, 0.6) is 0 Å². The van der Waals surface area contributed by atoms with Crippen molar-refractivity contribution in [2.45, 2.75) is 82.4 Å². The monoisotopic (exact) mass is 482 g/mol. The Morgan fingerprint density at radius 3 is 2.37 bits per heavy atom. The Labute approximate surface area is 214 Å². The van der Waals surface area contributed by atoms with Gasteiger partial charge in [0.2, 0.25) is 0 Å². The van der Waals surface area contributed by atoms with E-state index in [1.165, 1.54) is 129 Å². The van der Waals surface area contributed by atoms with E-state index in [2.05, 4.69) is 49.9 Å². The normalized spacial score (nSPS) is 29.9. The van der Waals surface area contributed by atoms with Crippen LogP contribution in [0.2, 0.25) is 0 Å². The van der Waals surface area contributed by atoms with Crippen molar-refractivity contribution < 1.29 is 4.74 Å². The van der Waals surface area contributed by atoms with Crippen molar-refractivity contribution in [2.24, 2.45) is 0 Å². The molecule has 5 heteroatoms. The minimum absolute atomic E-state index is 0.463. The lowest BCUT2D eigenvalue weighted by Gasteiger charge is -2.36. The highest BCUT2D eigenvalue weighted by molar-refractivity contribution is 5.19. The molecule has 4 heterocycles. The number of rotatable bonds is 7. The highest BCUT2D eigenvalue weighted by Gasteiger charge is 2.29. The molecule has 4 fully saturated rings. The van der Waals surface area contributed by atoms with Crippen LogP contribution in [0.3, 0.4) is 0 Å². The summed E-state index contributed by atoms with van der Waals surface area (Å²) in [5, 5.41) is 0. The molecule has 3 atom stereocenters. The lowest BCUT2D eigenvalue weighted by Crippen LogP contribution is -2.42. The summed E-state index contributed by atoms with van der Waals surface area (Å²) in [6.45, 7) is 13.3. The van der Waals surface area contributed by atoms with Crippen molar-refractivity contribution in [2.75, 3.05) is 72.1 Å². The minimum Gasteiger partial charge on any atom is -0.377 e. The molecule has 5 nitrogen and oxygen atoms in total. The van der Waals surface area contributed by atoms with Gasteiger partial charge in [0.05, 0.1) is 6.10 Å². The predicted molar refractivity (Wildman–Crippen MR) is 145 cm³/mol. The van der Waals surface area contributed by atoms with Gasteiger partial charge >= 0.3 is 0 Å². The van der Waals surface area contributed by atoms with Gasteiger partial charge < -0.3 is 14.5 Å². The van der Waals surface area contributed by atoms with E-state index in [1.807, 2.05) is 0 Å². The molecule has 4 aliphatic rings. The zero-order chi connectivity index (χ0) is 23.7. The Hall–Kier alpha value is -0.980. The van der Waals surface area contributed by atoms with Crippen LogP contribution < -0.4 is 0 Å². The van der Waals surface area contributed by atoms with Gasteiger partial charge in [-0.3, -0.25) is 9.80 Å². The fraction of sp³-hybridized carbons (Fsp3) is 0.800. The summed E-state index contributed by atoms with van der Waals surface area (Å²) in [7, 11) is 0. The standard InChI is InChI=1S/C30H50N4O/c1-3-11-27(12-4-1)30(26-31-16-9-13-28(15-21-31)33-18-6-2-7-19-33)34-20-10-17-32(22-23-34)25-29-14-5-8-24-35-29/h1,3-4,11-12,28-30H,2,5-10,13-26H2. The third kappa shape index (κ3) is 7.52. The van der Waals surface area contributed by atoms with E-state index >= 15 is 0 Å². The summed E-state index contributed by atoms with van der Waals surface area (Å²) in [5.41, 5.74) is 1.51. The van der Waals surface area contributed by atoms with E-state index in [4.69, 9.17) is 4.74 Å². The summed E-state index contributed by atoms with van der Waals surface area (Å²) < 4.78 is 6.06. The molecular formula is C30H50N4O. The van der Waals surface area contributed by atoms with Gasteiger partial charge in [0.1, 0.15) is 0 Å². The van der Waals surface area contributed by atoms with Gasteiger partial charge in [-0.1, -0.05) is 36.8 Å². The van der Waals surface area contributed by atoms with Crippen LogP contribution >= 0.6 is 0 Å². The minimum atomic E-state index is 0.463. The van der Waals surface area contributed by atoms with Gasteiger partial charge in [-0.25, -0.2) is 0 Å². The molecule has 0 spiro atoms. The summed E-state index contributed by atoms with van der Waals surface area (Å²) >= 11 is 0. The van der Waals surface area contributed by atoms with Crippen molar-refractivity contribution in [1.82, 2.24) is 19.6 Å². The fourth-order valence-electron chi connectivity index (χ4n) is 7.05. The maximum absolute atomic E-state index is 6.06. The van der Waals surface area contributed by atoms with Crippen LogP contribution in [0.15, 0.2) is 30.3 Å². The fourth-order valence-corrected chi connectivity index (χ4v) is 7.05. The Balaban J connectivity index is 1.19. The molecule has 35 heavy (non-hydrogen) atoms. The molecule has 0 aromatic heterocycles. The first-order chi connectivity index (χ1) is 17.3. The van der Waals surface area contributed by atoms with E-state index in [0.717, 1.165) is 19.2 Å². The quantitative estimate of drug-likeness (QED) is 0.563. The first kappa shape index (κ1) is 25.7. The van der Waals surface area contributed by atoms with Gasteiger partial charge in [-0.05, 0) is 96.1 Å². The highest BCUT2D eigenvalue weighted by Crippen LogP contribution is 2.27. The van der Waals surface area contributed by atoms with E-state index in [9.17, 15) is 0 Å². The number of ether oxygens (including phenoxy) is 1. The lowest BCUT2D eigenvalue weighted by atomic mass is 10.0. The van der Waals surface area contributed by atoms with E-state index in [-0.39, 0.29) is 0 Å². The van der Waals surface area contributed by atoms with Crippen LogP contribution in [-0.4, -0.2) is 104 Å². The number of hydrogen-bond donors (Lipinski definition) is 0. The predicted octanol–water partition coefficient (Wildman–Crippen LogP) is 4.64. The number of benzene rings is 1. The Morgan fingerprint density at radius 2 is 1.54 bits per heavy atom. The smallest absolute Gasteiger partial charge is 0.0702 e. The molecule has 3 unspecified atom stereocenters. The van der Waals surface area contributed by atoms with Crippen LogP contribution in [-0.2, 0) is 4.74 Å². The molecule has 196 valence electrons. The molecule has 0 N–H and O–H groups in total. The Bertz CT molecular complexity index is 718. The SMILES string of the molecule is c1ccc(C(CN2CCCC(N3CCCCC3)CC2)N2CCCN(CC3CCCCO3)CC2)cc1. The second-order valence-electron chi connectivity index (χ2n) is 11.6. The number of likely N-dealkylation sites (tertiary alicyclic amines) is 2. The molecule has 0 radical (unpaired) electrons. The zero-order valence-electron chi connectivity index (χ0n) is 22.2. The van der Waals surface area contributed by atoms with Crippen LogP contribution in [0.4, 0.5) is 0 Å². The number of piperidine rings is 1. The van der Waals surface area contributed by atoms with Gasteiger partial charge in [0.15, 0.2) is 0 Å². The average Bonchev–Trinajstić information content (AvgIpc) is 3.30. The van der Waals surface area contributed by atoms with Crippen LogP contribution in [0, 0.1) is 0 Å². The number of hydrogen-bond acceptors (Lipinski definition) is 5. The lowest BCUT2D eigenvalue weighted by molar-refractivity contribution is -0.00523. The molecular weight excluding hydrogens is 432 g/mol. The van der Waals surface area contributed by atoms with Gasteiger partial charge in [0.25, 0.3) is 0 Å². The first-order valence-electron chi connectivity index (χ1n) is 14.9. The third-order valence-electron chi connectivity index (χ3n) is 9.11. The molecule has 0 bridgehead atoms. The molecule has 4 saturated heterocycles. The number of nitrogens with zero attached hydrogens (tertiary/aromatic N) is 4. The van der Waals surface area contributed by atoms with Gasteiger partial charge in [-0.15, -0.1) is 0 Å². The zero-order valence-corrected chi connectivity index (χ0v) is 22.2. The summed E-state index contributed by atoms with van der Waals surface area (Å²) in [6.07, 6.45) is 14.0. The molecule has 1 aromatic rings.